The maximum Gasteiger partial charge on any atom is 0.336 e. The molecule has 1 heterocycles. The Morgan fingerprint density at radius 2 is 2.20 bits per heavy atom. The van der Waals surface area contributed by atoms with Crippen LogP contribution in [0.4, 0.5) is 5.69 Å². The van der Waals surface area contributed by atoms with Crippen LogP contribution in [0.5, 0.6) is 0 Å². The molecule has 0 bridgehead atoms. The van der Waals surface area contributed by atoms with Crippen LogP contribution < -0.4 is 10.5 Å². The van der Waals surface area contributed by atoms with Crippen LogP contribution >= 0.6 is 11.6 Å². The van der Waals surface area contributed by atoms with Crippen molar-refractivity contribution >= 4 is 23.3 Å². The predicted molar refractivity (Wildman–Crippen MR) is 90.8 cm³/mol. The minimum absolute atomic E-state index is 0.0453. The summed E-state index contributed by atoms with van der Waals surface area (Å²) in [5, 5.41) is 32.0. The highest BCUT2D eigenvalue weighted by Gasteiger charge is 2.34. The van der Waals surface area contributed by atoms with Gasteiger partial charge in [0.2, 0.25) is 0 Å². The summed E-state index contributed by atoms with van der Waals surface area (Å²) in [7, 11) is 0. The minimum Gasteiger partial charge on any atom is -0.595 e. The second-order valence-corrected chi connectivity index (χ2v) is 5.88. The van der Waals surface area contributed by atoms with Crippen molar-refractivity contribution in [2.24, 2.45) is 0 Å². The van der Waals surface area contributed by atoms with Crippen molar-refractivity contribution in [1.29, 1.82) is 5.26 Å². The van der Waals surface area contributed by atoms with Gasteiger partial charge in [-0.05, 0) is 19.4 Å². The van der Waals surface area contributed by atoms with Gasteiger partial charge < -0.3 is 15.3 Å². The predicted octanol–water partition coefficient (Wildman–Crippen LogP) is 1.63. The van der Waals surface area contributed by atoms with Crippen LogP contribution in [-0.4, -0.2) is 23.7 Å². The normalized spacial score (nSPS) is 18.5. The van der Waals surface area contributed by atoms with Crippen molar-refractivity contribution in [1.82, 2.24) is 5.32 Å². The van der Waals surface area contributed by atoms with Gasteiger partial charge in [0, 0.05) is 23.5 Å². The Hall–Kier alpha value is -2.37. The van der Waals surface area contributed by atoms with E-state index in [1.165, 1.54) is 12.1 Å². The number of esters is 1. The minimum atomic E-state index is -1.08. The third-order valence-corrected chi connectivity index (χ3v) is 4.03. The molecular formula is C17H18ClN3O4. The van der Waals surface area contributed by atoms with Crippen molar-refractivity contribution < 1.29 is 20.0 Å². The zero-order valence-corrected chi connectivity index (χ0v) is 14.6. The van der Waals surface area contributed by atoms with E-state index in [4.69, 9.17) is 16.3 Å². The number of benzene rings is 1. The topological polar surface area (TPSA) is 110 Å². The zero-order valence-electron chi connectivity index (χ0n) is 13.8. The van der Waals surface area contributed by atoms with Crippen LogP contribution in [0, 0.1) is 16.5 Å². The number of quaternary nitrogens is 1. The summed E-state index contributed by atoms with van der Waals surface area (Å²) in [6.45, 7) is 3.49. The van der Waals surface area contributed by atoms with E-state index in [2.05, 4.69) is 11.4 Å². The molecule has 25 heavy (non-hydrogen) atoms. The molecule has 7 nitrogen and oxygen atoms in total. The van der Waals surface area contributed by atoms with Gasteiger partial charge in [0.05, 0.1) is 29.0 Å². The largest absolute Gasteiger partial charge is 0.595 e. The fraction of sp³-hybridized carbons (Fsp3) is 0.294. The molecule has 8 heteroatoms. The van der Waals surface area contributed by atoms with E-state index in [9.17, 15) is 20.5 Å². The lowest BCUT2D eigenvalue weighted by molar-refractivity contribution is -0.991. The van der Waals surface area contributed by atoms with Gasteiger partial charge in [-0.25, -0.2) is 10.0 Å². The van der Waals surface area contributed by atoms with Gasteiger partial charge in [-0.2, -0.15) is 10.5 Å². The average molecular weight is 364 g/mol. The highest BCUT2D eigenvalue weighted by molar-refractivity contribution is 6.18. The highest BCUT2D eigenvalue weighted by atomic mass is 35.5. The van der Waals surface area contributed by atoms with Crippen LogP contribution in [0.1, 0.15) is 25.3 Å². The molecule has 0 aliphatic carbocycles. The summed E-state index contributed by atoms with van der Waals surface area (Å²) in [6.07, 6.45) is 0. The molecule has 2 atom stereocenters. The van der Waals surface area contributed by atoms with Gasteiger partial charge in [-0.1, -0.05) is 12.1 Å². The molecule has 0 fully saturated rings. The van der Waals surface area contributed by atoms with Crippen LogP contribution in [0.3, 0.4) is 0 Å². The van der Waals surface area contributed by atoms with Gasteiger partial charge in [0.15, 0.2) is 5.69 Å². The van der Waals surface area contributed by atoms with Gasteiger partial charge in [-0.15, -0.1) is 11.6 Å². The molecule has 0 spiro atoms. The first kappa shape index (κ1) is 19.0. The molecule has 1 aromatic carbocycles. The zero-order chi connectivity index (χ0) is 18.6. The molecule has 1 unspecified atom stereocenters. The van der Waals surface area contributed by atoms with Gasteiger partial charge in [0.25, 0.3) is 0 Å². The molecule has 132 valence electrons. The van der Waals surface area contributed by atoms with Crippen LogP contribution in [0.25, 0.3) is 0 Å². The number of hydrogen-bond acceptors (Lipinski definition) is 6. The molecule has 2 rings (SSSR count). The average Bonchev–Trinajstić information content (AvgIpc) is 2.59. The SMILES string of the molecule is CC1=C(C#N)[C@H](c2cccc([NH+]([O-])O)c2)C(C(=O)OCCCl)=C(C)N1. The Morgan fingerprint density at radius 3 is 2.80 bits per heavy atom. The molecule has 0 radical (unpaired) electrons. The van der Waals surface area contributed by atoms with Gasteiger partial charge in [-0.3, -0.25) is 0 Å². The molecule has 0 saturated carbocycles. The molecule has 1 aliphatic heterocycles. The maximum absolute atomic E-state index is 12.5. The fourth-order valence-corrected chi connectivity index (χ4v) is 2.88. The van der Waals surface area contributed by atoms with Crippen molar-refractivity contribution in [2.75, 3.05) is 12.5 Å². The summed E-state index contributed by atoms with van der Waals surface area (Å²) in [5.41, 5.74) is 2.40. The number of nitriles is 1. The maximum atomic E-state index is 12.5. The summed E-state index contributed by atoms with van der Waals surface area (Å²) in [6, 6.07) is 8.31. The number of ether oxygens (including phenoxy) is 1. The summed E-state index contributed by atoms with van der Waals surface area (Å²) in [4.78, 5) is 12.5. The number of dihydropyridines is 1. The summed E-state index contributed by atoms with van der Waals surface area (Å²) in [5.74, 6) is -1.13. The molecule has 0 amide bonds. The lowest BCUT2D eigenvalue weighted by Gasteiger charge is -2.28. The quantitative estimate of drug-likeness (QED) is 0.416. The third kappa shape index (κ3) is 4.00. The second-order valence-electron chi connectivity index (χ2n) is 5.50. The first-order valence-electron chi connectivity index (χ1n) is 7.55. The van der Waals surface area contributed by atoms with Crippen LogP contribution in [0.2, 0.25) is 0 Å². The van der Waals surface area contributed by atoms with Crippen molar-refractivity contribution in [2.45, 2.75) is 19.8 Å². The van der Waals surface area contributed by atoms with Crippen LogP contribution in [0.15, 0.2) is 46.8 Å². The Balaban J connectivity index is 2.57. The molecular weight excluding hydrogens is 346 g/mol. The Labute approximate surface area is 150 Å². The molecule has 3 N–H and O–H groups in total. The van der Waals surface area contributed by atoms with E-state index in [1.54, 1.807) is 26.0 Å². The van der Waals surface area contributed by atoms with Gasteiger partial charge >= 0.3 is 5.97 Å². The van der Waals surface area contributed by atoms with E-state index in [-0.39, 0.29) is 23.7 Å². The molecule has 1 aromatic rings. The molecule has 1 aliphatic rings. The monoisotopic (exact) mass is 363 g/mol. The van der Waals surface area contributed by atoms with Crippen molar-refractivity contribution in [3.63, 3.8) is 0 Å². The smallest absolute Gasteiger partial charge is 0.336 e. The summed E-state index contributed by atoms with van der Waals surface area (Å²) < 4.78 is 5.14. The van der Waals surface area contributed by atoms with E-state index in [0.29, 0.717) is 22.5 Å². The Morgan fingerprint density at radius 1 is 1.48 bits per heavy atom. The van der Waals surface area contributed by atoms with E-state index in [0.717, 1.165) is 0 Å². The summed E-state index contributed by atoms with van der Waals surface area (Å²) >= 11 is 5.57. The number of hydrogen-bond donors (Lipinski definition) is 3. The second kappa shape index (κ2) is 8.14. The molecule has 0 aromatic heterocycles. The number of carbonyl (C=O) groups is 1. The standard InChI is InChI=1S/C17H18ClN3O4/c1-10-14(9-19)16(12-4-3-5-13(8-12)21(23)24)15(11(2)20-10)17(22)25-7-6-18/h3-5,8,16,20-21,23H,6-7H2,1-2H3/t16-/m0/s1. The number of nitrogens with one attached hydrogen (secondary N) is 2. The fourth-order valence-electron chi connectivity index (χ4n) is 2.81. The highest BCUT2D eigenvalue weighted by Crippen LogP contribution is 2.38. The lowest BCUT2D eigenvalue weighted by Crippen LogP contribution is -2.99. The van der Waals surface area contributed by atoms with Crippen molar-refractivity contribution in [3.05, 3.63) is 57.6 Å². The number of nitrogens with zero attached hydrogens (tertiary/aromatic N) is 1. The van der Waals surface area contributed by atoms with Crippen LogP contribution in [-0.2, 0) is 9.53 Å². The van der Waals surface area contributed by atoms with Gasteiger partial charge in [0.1, 0.15) is 6.61 Å². The van der Waals surface area contributed by atoms with E-state index in [1.807, 2.05) is 0 Å². The lowest BCUT2D eigenvalue weighted by atomic mass is 9.81. The number of alkyl halides is 1. The number of carbonyl (C=O) groups excluding carboxylic acids is 1. The number of rotatable bonds is 5. The van der Waals surface area contributed by atoms with E-state index >= 15 is 0 Å². The Kier molecular flexibility index (Phi) is 6.17. The van der Waals surface area contributed by atoms with Crippen molar-refractivity contribution in [3.8, 4) is 6.07 Å². The first-order chi connectivity index (χ1) is 11.9. The first-order valence-corrected chi connectivity index (χ1v) is 8.09. The number of allylic oxidation sites excluding steroid dienone is 3. The van der Waals surface area contributed by atoms with E-state index < -0.39 is 17.1 Å². The Bertz CT molecular complexity index is 780. The molecule has 0 saturated heterocycles. The third-order valence-electron chi connectivity index (χ3n) is 3.88. The number of halogens is 1.